The number of rotatable bonds is 30. The van der Waals surface area contributed by atoms with Gasteiger partial charge in [-0.15, -0.1) is 0 Å². The molecule has 6 heteroatoms. The van der Waals surface area contributed by atoms with E-state index in [2.05, 4.69) is 132 Å². The van der Waals surface area contributed by atoms with E-state index in [1.54, 1.807) is 11.1 Å². The number of carbonyl (C=O) groups is 2. The first-order valence-corrected chi connectivity index (χ1v) is 37.7. The lowest BCUT2D eigenvalue weighted by molar-refractivity contribution is -0.138. The van der Waals surface area contributed by atoms with E-state index in [-0.39, 0.29) is 12.2 Å². The van der Waals surface area contributed by atoms with E-state index in [1.165, 1.54) is 154 Å². The van der Waals surface area contributed by atoms with Gasteiger partial charge < -0.3 is 20.4 Å². The number of carboxylic acid groups (broad SMARTS) is 2. The van der Waals surface area contributed by atoms with Crippen molar-refractivity contribution in [1.29, 1.82) is 0 Å². The smallest absolute Gasteiger partial charge is 0.303 e. The second kappa shape index (κ2) is 37.9. The summed E-state index contributed by atoms with van der Waals surface area (Å²) in [6.07, 6.45) is 65.0. The summed E-state index contributed by atoms with van der Waals surface area (Å²) in [5, 5.41) is 37.2. The minimum atomic E-state index is -0.675. The lowest BCUT2D eigenvalue weighted by Gasteiger charge is -2.58. The van der Waals surface area contributed by atoms with Gasteiger partial charge in [-0.05, 0) is 240 Å². The zero-order chi connectivity index (χ0) is 63.6. The van der Waals surface area contributed by atoms with Gasteiger partial charge in [0.25, 0.3) is 0 Å². The second-order valence-electron chi connectivity index (χ2n) is 32.3. The quantitative estimate of drug-likeness (QED) is 0.0421. The summed E-state index contributed by atoms with van der Waals surface area (Å²) < 4.78 is 0. The molecule has 0 amide bonds. The summed E-state index contributed by atoms with van der Waals surface area (Å²) in [5.74, 6) is 9.57. The summed E-state index contributed by atoms with van der Waals surface area (Å²) in [7, 11) is 0. The zero-order valence-corrected chi connectivity index (χ0v) is 58.9. The van der Waals surface area contributed by atoms with Crippen LogP contribution in [-0.4, -0.2) is 44.6 Å². The summed E-state index contributed by atoms with van der Waals surface area (Å²) in [6.45, 7) is 29.5. The van der Waals surface area contributed by atoms with Crippen LogP contribution in [0.5, 0.6) is 0 Å². The number of fused-ring (bicyclic) bond motifs is 10. The van der Waals surface area contributed by atoms with Gasteiger partial charge in [0, 0.05) is 12.8 Å². The average molecular weight is 1210 g/mol. The Morgan fingerprint density at radius 3 is 1.29 bits per heavy atom. The minimum Gasteiger partial charge on any atom is -0.481 e. The maximum atomic E-state index is 10.3. The third-order valence-corrected chi connectivity index (χ3v) is 25.3. The molecule has 0 aromatic carbocycles. The van der Waals surface area contributed by atoms with Crippen LogP contribution in [0.15, 0.2) is 59.8 Å². The maximum Gasteiger partial charge on any atom is 0.303 e. The first-order chi connectivity index (χ1) is 41.5. The Hall–Kier alpha value is -2.44. The van der Waals surface area contributed by atoms with Crippen LogP contribution < -0.4 is 0 Å². The van der Waals surface area contributed by atoms with Gasteiger partial charge in [0.15, 0.2) is 0 Å². The van der Waals surface area contributed by atoms with E-state index in [1.807, 2.05) is 0 Å². The number of aliphatic hydroxyl groups is 2. The van der Waals surface area contributed by atoms with Crippen LogP contribution in [0, 0.1) is 92.7 Å². The van der Waals surface area contributed by atoms with E-state index >= 15 is 0 Å². The molecule has 500 valence electrons. The fourth-order valence-electron chi connectivity index (χ4n) is 20.3. The Morgan fingerprint density at radius 2 is 0.874 bits per heavy atom. The van der Waals surface area contributed by atoms with E-state index in [9.17, 15) is 19.8 Å². The second-order valence-corrected chi connectivity index (χ2v) is 32.3. The van der Waals surface area contributed by atoms with Gasteiger partial charge in [0.2, 0.25) is 0 Å². The molecule has 0 aromatic heterocycles. The van der Waals surface area contributed by atoms with Gasteiger partial charge in [-0.1, -0.05) is 233 Å². The predicted octanol–water partition coefficient (Wildman–Crippen LogP) is 23.3. The van der Waals surface area contributed by atoms with Crippen LogP contribution in [0.25, 0.3) is 0 Å². The molecule has 4 N–H and O–H groups in total. The molecule has 16 atom stereocenters. The lowest BCUT2D eigenvalue weighted by Crippen LogP contribution is -2.50. The third kappa shape index (κ3) is 22.1. The van der Waals surface area contributed by atoms with Crippen LogP contribution >= 0.6 is 0 Å². The van der Waals surface area contributed by atoms with Crippen molar-refractivity contribution in [3.05, 3.63) is 59.8 Å². The Kier molecular flexibility index (Phi) is 32.8. The highest BCUT2D eigenvalue weighted by molar-refractivity contribution is 5.66. The monoisotopic (exact) mass is 1210 g/mol. The molecule has 6 fully saturated rings. The standard InChI is InChI=1S/2C27H46O.C18H30O2.C9H18O2/c2*1-18(2)7-6-8-19(3)23-11-12-24-22-10-9-20-17-21(28)13-15-26(20,4)25(22)14-16-27(23,24)5;1-2-3-4-5-6-7-8-9-10-11-12-13-14-15-16-17-18(19)20;1-2-3-4-5-6-7-8-9(10)11/h2*9,18-19,21-25,28H,6-8,10-17H2,1-5H3;3-4,6-7,9-10H,2,5,8,11-17H2,1H3,(H,19,20);2-8H2,1H3,(H,10,11)/b;;4-3-,7-6-,10-9-;/t2*19-,21+,22+,23-,24+,25+,26+,27-;;/m11../s1. The Morgan fingerprint density at radius 1 is 0.471 bits per heavy atom. The molecular formula is C81H140O6. The zero-order valence-electron chi connectivity index (χ0n) is 58.9. The number of hydrogen-bond donors (Lipinski definition) is 4. The van der Waals surface area contributed by atoms with Crippen molar-refractivity contribution in [2.45, 2.75) is 346 Å². The van der Waals surface area contributed by atoms with Crippen molar-refractivity contribution in [3.63, 3.8) is 0 Å². The molecule has 8 aliphatic rings. The van der Waals surface area contributed by atoms with E-state index < -0.39 is 11.9 Å². The number of unbranched alkanes of at least 4 members (excludes halogenated alkanes) is 10. The Labute approximate surface area is 537 Å². The molecule has 0 unspecified atom stereocenters. The van der Waals surface area contributed by atoms with Crippen molar-refractivity contribution in [2.24, 2.45) is 92.7 Å². The van der Waals surface area contributed by atoms with Crippen molar-refractivity contribution in [3.8, 4) is 0 Å². The molecule has 0 saturated heterocycles. The highest BCUT2D eigenvalue weighted by Gasteiger charge is 2.61. The van der Waals surface area contributed by atoms with E-state index in [0.717, 1.165) is 154 Å². The Balaban J connectivity index is 0.000000222. The SMILES string of the molecule is CC(C)CCC[C@@H](C)[C@H]1CC[C@H]2[C@@H]3CC=C4C[C@@H](O)CC[C@]4(C)[C@H]3CC[C@]12C.CC(C)CCC[C@@H](C)[C@H]1CC[C@H]2[C@@H]3CC=C4C[C@@H](O)CC[C@]4(C)[C@H]3CC[C@]12C.CC/C=C\C/C=C\C/C=C\CCCCCCCC(=O)O.CCCCCCCCC(=O)O. The normalized spacial score (nSPS) is 34.0. The average Bonchev–Trinajstić information content (AvgIpc) is 1.76. The minimum absolute atomic E-state index is 0.0766. The number of hydrogen-bond acceptors (Lipinski definition) is 4. The molecule has 6 nitrogen and oxygen atoms in total. The van der Waals surface area contributed by atoms with Crippen molar-refractivity contribution < 1.29 is 30.0 Å². The summed E-state index contributed by atoms with van der Waals surface area (Å²) in [4.78, 5) is 20.4. The Bertz CT molecular complexity index is 2030. The lowest BCUT2D eigenvalue weighted by atomic mass is 9.47. The fraction of sp³-hybridized carbons (Fsp3) is 0.852. The van der Waals surface area contributed by atoms with Crippen molar-refractivity contribution >= 4 is 11.9 Å². The van der Waals surface area contributed by atoms with Gasteiger partial charge in [-0.2, -0.15) is 0 Å². The first kappa shape index (κ1) is 75.3. The van der Waals surface area contributed by atoms with Crippen LogP contribution in [0.4, 0.5) is 0 Å². The third-order valence-electron chi connectivity index (χ3n) is 25.3. The summed E-state index contributed by atoms with van der Waals surface area (Å²) in [5.41, 5.74) is 5.21. The molecule has 0 aliphatic heterocycles. The van der Waals surface area contributed by atoms with Gasteiger partial charge >= 0.3 is 11.9 Å². The summed E-state index contributed by atoms with van der Waals surface area (Å²) >= 11 is 0. The molecule has 0 spiro atoms. The maximum absolute atomic E-state index is 10.3. The van der Waals surface area contributed by atoms with Crippen molar-refractivity contribution in [1.82, 2.24) is 0 Å². The van der Waals surface area contributed by atoms with Gasteiger partial charge in [0.05, 0.1) is 12.2 Å². The fourth-order valence-corrected chi connectivity index (χ4v) is 20.3. The molecular weight excluding hydrogens is 1070 g/mol. The highest BCUT2D eigenvalue weighted by atomic mass is 16.4. The van der Waals surface area contributed by atoms with Crippen molar-refractivity contribution in [2.75, 3.05) is 0 Å². The number of allylic oxidation sites excluding steroid dienone is 8. The molecule has 8 aliphatic carbocycles. The van der Waals surface area contributed by atoms with Gasteiger partial charge in [-0.25, -0.2) is 0 Å². The van der Waals surface area contributed by atoms with E-state index in [4.69, 9.17) is 10.2 Å². The molecule has 87 heavy (non-hydrogen) atoms. The van der Waals surface area contributed by atoms with Gasteiger partial charge in [-0.3, -0.25) is 9.59 Å². The number of aliphatic hydroxyl groups excluding tert-OH is 2. The number of aliphatic carboxylic acids is 2. The molecule has 0 aromatic rings. The molecule has 8 rings (SSSR count). The van der Waals surface area contributed by atoms with Crippen LogP contribution in [0.2, 0.25) is 0 Å². The number of carboxylic acids is 2. The van der Waals surface area contributed by atoms with Crippen LogP contribution in [0.3, 0.4) is 0 Å². The predicted molar refractivity (Wildman–Crippen MR) is 371 cm³/mol. The first-order valence-electron chi connectivity index (χ1n) is 37.7. The van der Waals surface area contributed by atoms with Crippen LogP contribution in [0.1, 0.15) is 333 Å². The molecule has 6 saturated carbocycles. The van der Waals surface area contributed by atoms with Gasteiger partial charge in [0.1, 0.15) is 0 Å². The molecule has 0 heterocycles. The van der Waals surface area contributed by atoms with E-state index in [0.29, 0.717) is 34.5 Å². The summed E-state index contributed by atoms with van der Waals surface area (Å²) in [6, 6.07) is 0. The topological polar surface area (TPSA) is 115 Å². The molecule has 0 radical (unpaired) electrons. The molecule has 0 bridgehead atoms. The largest absolute Gasteiger partial charge is 0.481 e. The highest BCUT2D eigenvalue weighted by Crippen LogP contribution is 2.69. The van der Waals surface area contributed by atoms with Crippen LogP contribution in [-0.2, 0) is 9.59 Å².